The third kappa shape index (κ3) is 4.83. The molecule has 35 heavy (non-hydrogen) atoms. The number of hydrogen-bond donors (Lipinski definition) is 1. The highest BCUT2D eigenvalue weighted by Crippen LogP contribution is 2.29. The summed E-state index contributed by atoms with van der Waals surface area (Å²) in [6.45, 7) is 0.214. The number of benzene rings is 3. The van der Waals surface area contributed by atoms with Gasteiger partial charge in [-0.05, 0) is 35.4 Å². The van der Waals surface area contributed by atoms with Crippen molar-refractivity contribution in [1.29, 1.82) is 0 Å². The number of carbonyl (C=O) groups excluding carboxylic acids is 2. The molecule has 0 fully saturated rings. The van der Waals surface area contributed by atoms with E-state index in [0.29, 0.717) is 21.2 Å². The lowest BCUT2D eigenvalue weighted by atomic mass is 10.1. The first-order valence-corrected chi connectivity index (χ1v) is 13.8. The van der Waals surface area contributed by atoms with E-state index < -0.39 is 10.0 Å². The number of thioether (sulfide) groups is 1. The summed E-state index contributed by atoms with van der Waals surface area (Å²) in [5, 5.41) is 8.06. The van der Waals surface area contributed by atoms with Crippen LogP contribution in [0.2, 0.25) is 0 Å². The van der Waals surface area contributed by atoms with Crippen LogP contribution in [-0.2, 0) is 10.0 Å². The molecule has 4 aromatic rings. The maximum absolute atomic E-state index is 12.8. The number of amides is 2. The van der Waals surface area contributed by atoms with Crippen molar-refractivity contribution >= 4 is 50.1 Å². The zero-order chi connectivity index (χ0) is 24.4. The molecule has 0 spiro atoms. The van der Waals surface area contributed by atoms with Crippen LogP contribution in [0.15, 0.2) is 88.1 Å². The molecule has 5 rings (SSSR count). The van der Waals surface area contributed by atoms with Crippen LogP contribution in [0.1, 0.15) is 20.7 Å². The van der Waals surface area contributed by atoms with E-state index in [2.05, 4.69) is 14.9 Å². The van der Waals surface area contributed by atoms with Gasteiger partial charge in [0, 0.05) is 12.3 Å². The summed E-state index contributed by atoms with van der Waals surface area (Å²) in [7, 11) is -3.83. The van der Waals surface area contributed by atoms with Gasteiger partial charge >= 0.3 is 0 Å². The second-order valence-corrected chi connectivity index (χ2v) is 11.5. The normalized spacial score (nSPS) is 13.2. The first-order valence-electron chi connectivity index (χ1n) is 10.5. The molecule has 0 bridgehead atoms. The second-order valence-electron chi connectivity index (χ2n) is 7.53. The molecule has 0 radical (unpaired) electrons. The zero-order valence-corrected chi connectivity index (χ0v) is 20.6. The van der Waals surface area contributed by atoms with E-state index in [1.165, 1.54) is 16.7 Å². The molecule has 0 atom stereocenters. The van der Waals surface area contributed by atoms with Crippen LogP contribution >= 0.6 is 23.1 Å². The van der Waals surface area contributed by atoms with Gasteiger partial charge in [0.2, 0.25) is 5.13 Å². The highest BCUT2D eigenvalue weighted by atomic mass is 32.2. The van der Waals surface area contributed by atoms with Crippen LogP contribution in [0.25, 0.3) is 11.1 Å². The van der Waals surface area contributed by atoms with Gasteiger partial charge in [-0.15, -0.1) is 10.2 Å². The number of rotatable bonds is 8. The number of nitrogens with one attached hydrogen (secondary N) is 1. The van der Waals surface area contributed by atoms with Gasteiger partial charge in [-0.2, -0.15) is 0 Å². The van der Waals surface area contributed by atoms with E-state index in [0.717, 1.165) is 22.5 Å². The zero-order valence-electron chi connectivity index (χ0n) is 18.1. The standard InChI is InChI=1S/C24H18N4O4S3/c29-21-19-8-4-5-9-20(19)22(30)28(21)14-15-33-24-26-25-23(34-24)27-35(31,32)18-12-10-17(11-13-18)16-6-2-1-3-7-16/h1-13H,14-15H2,(H,25,27). The van der Waals surface area contributed by atoms with Gasteiger partial charge in [0.25, 0.3) is 21.8 Å². The van der Waals surface area contributed by atoms with Crippen LogP contribution in [0.3, 0.4) is 0 Å². The Labute approximate surface area is 210 Å². The van der Waals surface area contributed by atoms with Crippen molar-refractivity contribution in [2.45, 2.75) is 9.24 Å². The summed E-state index contributed by atoms with van der Waals surface area (Å²) >= 11 is 2.38. The van der Waals surface area contributed by atoms with Crippen molar-refractivity contribution in [3.8, 4) is 11.1 Å². The molecular formula is C24H18N4O4S3. The average molecular weight is 523 g/mol. The van der Waals surface area contributed by atoms with Crippen LogP contribution < -0.4 is 4.72 Å². The van der Waals surface area contributed by atoms with Gasteiger partial charge in [-0.1, -0.05) is 77.7 Å². The molecular weight excluding hydrogens is 504 g/mol. The van der Waals surface area contributed by atoms with Gasteiger partial charge in [0.15, 0.2) is 4.34 Å². The number of imide groups is 1. The smallest absolute Gasteiger partial charge is 0.263 e. The van der Waals surface area contributed by atoms with Gasteiger partial charge in [-0.25, -0.2) is 8.42 Å². The van der Waals surface area contributed by atoms with Gasteiger partial charge in [-0.3, -0.25) is 19.2 Å². The summed E-state index contributed by atoms with van der Waals surface area (Å²) in [6.07, 6.45) is 0. The fourth-order valence-corrected chi connectivity index (χ4v) is 6.58. The minimum absolute atomic E-state index is 0.118. The number of anilines is 1. The topological polar surface area (TPSA) is 109 Å². The summed E-state index contributed by atoms with van der Waals surface area (Å²) in [6, 6.07) is 23.0. The Balaban J connectivity index is 1.18. The molecule has 0 saturated heterocycles. The molecule has 0 aliphatic carbocycles. The second kappa shape index (κ2) is 9.61. The summed E-state index contributed by atoms with van der Waals surface area (Å²) in [5.74, 6) is -0.209. The molecule has 2 amide bonds. The van der Waals surface area contributed by atoms with Gasteiger partial charge in [0.1, 0.15) is 0 Å². The lowest BCUT2D eigenvalue weighted by Gasteiger charge is -2.12. The number of aromatic nitrogens is 2. The summed E-state index contributed by atoms with van der Waals surface area (Å²) in [4.78, 5) is 26.2. The highest BCUT2D eigenvalue weighted by molar-refractivity contribution is 8.01. The van der Waals surface area contributed by atoms with Crippen LogP contribution in [0.5, 0.6) is 0 Å². The molecule has 176 valence electrons. The molecule has 11 heteroatoms. The molecule has 1 N–H and O–H groups in total. The predicted molar refractivity (Wildman–Crippen MR) is 135 cm³/mol. The minimum atomic E-state index is -3.83. The Kier molecular flexibility index (Phi) is 6.37. The molecule has 1 aromatic heterocycles. The Hall–Kier alpha value is -3.54. The monoisotopic (exact) mass is 522 g/mol. The van der Waals surface area contributed by atoms with Crippen LogP contribution in [0, 0.1) is 0 Å². The molecule has 1 aliphatic heterocycles. The minimum Gasteiger partial charge on any atom is -0.273 e. The van der Waals surface area contributed by atoms with Gasteiger partial charge < -0.3 is 0 Å². The predicted octanol–water partition coefficient (Wildman–Crippen LogP) is 4.39. The summed E-state index contributed by atoms with van der Waals surface area (Å²) in [5.41, 5.74) is 2.73. The van der Waals surface area contributed by atoms with Gasteiger partial charge in [0.05, 0.1) is 16.0 Å². The highest BCUT2D eigenvalue weighted by Gasteiger charge is 2.34. The van der Waals surface area contributed by atoms with Crippen molar-refractivity contribution in [3.63, 3.8) is 0 Å². The Morgan fingerprint density at radius 1 is 0.800 bits per heavy atom. The molecule has 8 nitrogen and oxygen atoms in total. The molecule has 3 aromatic carbocycles. The fourth-order valence-electron chi connectivity index (χ4n) is 3.61. The Morgan fingerprint density at radius 3 is 2.06 bits per heavy atom. The number of nitrogens with zero attached hydrogens (tertiary/aromatic N) is 3. The van der Waals surface area contributed by atoms with E-state index in [-0.39, 0.29) is 28.4 Å². The summed E-state index contributed by atoms with van der Waals surface area (Å²) < 4.78 is 28.5. The third-order valence-corrected chi connectivity index (χ3v) is 8.75. The number of carbonyl (C=O) groups is 2. The van der Waals surface area contributed by atoms with E-state index >= 15 is 0 Å². The number of sulfonamides is 1. The van der Waals surface area contributed by atoms with Crippen molar-refractivity contribution in [1.82, 2.24) is 15.1 Å². The lowest BCUT2D eigenvalue weighted by molar-refractivity contribution is 0.0664. The molecule has 0 unspecified atom stereocenters. The number of fused-ring (bicyclic) bond motifs is 1. The maximum atomic E-state index is 12.8. The first-order chi connectivity index (χ1) is 16.9. The van der Waals surface area contributed by atoms with Crippen LogP contribution in [-0.4, -0.2) is 47.6 Å². The fraction of sp³-hybridized carbons (Fsp3) is 0.0833. The van der Waals surface area contributed by atoms with E-state index in [9.17, 15) is 18.0 Å². The van der Waals surface area contributed by atoms with Crippen LogP contribution in [0.4, 0.5) is 5.13 Å². The van der Waals surface area contributed by atoms with Crippen molar-refractivity contribution in [2.24, 2.45) is 0 Å². The first kappa shape index (κ1) is 23.2. The maximum Gasteiger partial charge on any atom is 0.263 e. The van der Waals surface area contributed by atoms with Crippen molar-refractivity contribution in [2.75, 3.05) is 17.0 Å². The number of hydrogen-bond acceptors (Lipinski definition) is 8. The SMILES string of the molecule is O=C1c2ccccc2C(=O)N1CCSc1nnc(NS(=O)(=O)c2ccc(-c3ccccc3)cc2)s1. The van der Waals surface area contributed by atoms with Crippen molar-refractivity contribution in [3.05, 3.63) is 90.0 Å². The molecule has 2 heterocycles. The largest absolute Gasteiger partial charge is 0.273 e. The quantitative estimate of drug-likeness (QED) is 0.270. The molecule has 0 saturated carbocycles. The van der Waals surface area contributed by atoms with E-state index in [4.69, 9.17) is 0 Å². The van der Waals surface area contributed by atoms with Crippen molar-refractivity contribution < 1.29 is 18.0 Å². The molecule has 1 aliphatic rings. The van der Waals surface area contributed by atoms with E-state index in [1.54, 1.807) is 48.5 Å². The lowest BCUT2D eigenvalue weighted by Crippen LogP contribution is -2.31. The Morgan fingerprint density at radius 2 is 1.40 bits per heavy atom. The Bertz CT molecular complexity index is 1470. The average Bonchev–Trinajstić information content (AvgIpc) is 3.42. The third-order valence-electron chi connectivity index (χ3n) is 5.32. The van der Waals surface area contributed by atoms with E-state index in [1.807, 2.05) is 30.3 Å².